The molecule has 1 aromatic heterocycles. The van der Waals surface area contributed by atoms with Crippen LogP contribution in [-0.2, 0) is 6.54 Å². The van der Waals surface area contributed by atoms with Crippen molar-refractivity contribution < 1.29 is 0 Å². The molecule has 1 heterocycles. The van der Waals surface area contributed by atoms with Crippen LogP contribution < -0.4 is 5.32 Å². The highest BCUT2D eigenvalue weighted by Gasteiger charge is 2.23. The van der Waals surface area contributed by atoms with Crippen LogP contribution >= 0.6 is 0 Å². The molecule has 0 radical (unpaired) electrons. The Morgan fingerprint density at radius 2 is 2.19 bits per heavy atom. The molecule has 0 amide bonds. The van der Waals surface area contributed by atoms with Gasteiger partial charge in [-0.1, -0.05) is 12.8 Å². The fourth-order valence-corrected chi connectivity index (χ4v) is 2.03. The van der Waals surface area contributed by atoms with E-state index in [-0.39, 0.29) is 0 Å². The summed E-state index contributed by atoms with van der Waals surface area (Å²) < 4.78 is 2.12. The molecule has 1 aliphatic rings. The number of nitrogens with zero attached hydrogens (tertiary/aromatic N) is 3. The van der Waals surface area contributed by atoms with E-state index in [4.69, 9.17) is 0 Å². The lowest BCUT2D eigenvalue weighted by Crippen LogP contribution is -2.27. The van der Waals surface area contributed by atoms with Crippen LogP contribution in [0.5, 0.6) is 0 Å². The first-order valence-corrected chi connectivity index (χ1v) is 6.28. The lowest BCUT2D eigenvalue weighted by atomic mass is 10.1. The van der Waals surface area contributed by atoms with Crippen molar-refractivity contribution in [2.75, 3.05) is 0 Å². The van der Waals surface area contributed by atoms with Gasteiger partial charge in [-0.2, -0.15) is 0 Å². The van der Waals surface area contributed by atoms with Crippen molar-refractivity contribution in [2.24, 2.45) is 5.92 Å². The topological polar surface area (TPSA) is 42.7 Å². The second-order valence-electron chi connectivity index (χ2n) is 5.21. The first kappa shape index (κ1) is 11.6. The molecule has 0 saturated heterocycles. The number of rotatable bonds is 6. The Kier molecular flexibility index (Phi) is 3.59. The highest BCUT2D eigenvalue weighted by atomic mass is 15.3. The first-order chi connectivity index (χ1) is 7.66. The van der Waals surface area contributed by atoms with Gasteiger partial charge in [0.05, 0.1) is 6.54 Å². The summed E-state index contributed by atoms with van der Waals surface area (Å²) in [5.74, 6) is 2.02. The zero-order chi connectivity index (χ0) is 11.5. The third kappa shape index (κ3) is 3.04. The molecular weight excluding hydrogens is 200 g/mol. The van der Waals surface area contributed by atoms with Gasteiger partial charge in [0, 0.05) is 12.1 Å². The van der Waals surface area contributed by atoms with Gasteiger partial charge < -0.3 is 9.88 Å². The van der Waals surface area contributed by atoms with Crippen LogP contribution in [0.3, 0.4) is 0 Å². The van der Waals surface area contributed by atoms with Gasteiger partial charge in [-0.25, -0.2) is 0 Å². The lowest BCUT2D eigenvalue weighted by molar-refractivity contribution is 0.462. The summed E-state index contributed by atoms with van der Waals surface area (Å²) in [5.41, 5.74) is 0. The van der Waals surface area contributed by atoms with E-state index < -0.39 is 0 Å². The third-order valence-corrected chi connectivity index (χ3v) is 3.20. The third-order valence-electron chi connectivity index (χ3n) is 3.20. The van der Waals surface area contributed by atoms with Gasteiger partial charge in [0.25, 0.3) is 0 Å². The van der Waals surface area contributed by atoms with Crippen molar-refractivity contribution in [1.82, 2.24) is 20.1 Å². The molecular formula is C12H22N4. The van der Waals surface area contributed by atoms with Gasteiger partial charge in [-0.3, -0.25) is 0 Å². The van der Waals surface area contributed by atoms with Crippen LogP contribution in [0.4, 0.5) is 0 Å². The van der Waals surface area contributed by atoms with Gasteiger partial charge in [-0.15, -0.1) is 10.2 Å². The van der Waals surface area contributed by atoms with Crippen LogP contribution in [0.15, 0.2) is 6.33 Å². The molecule has 1 unspecified atom stereocenters. The zero-order valence-corrected chi connectivity index (χ0v) is 10.5. The predicted molar refractivity (Wildman–Crippen MR) is 64.0 cm³/mol. The van der Waals surface area contributed by atoms with E-state index in [1.54, 1.807) is 0 Å². The molecule has 4 heteroatoms. The van der Waals surface area contributed by atoms with Crippen LogP contribution in [0.1, 0.15) is 51.9 Å². The van der Waals surface area contributed by atoms with E-state index in [9.17, 15) is 0 Å². The summed E-state index contributed by atoms with van der Waals surface area (Å²) in [4.78, 5) is 0. The normalized spacial score (nSPS) is 18.0. The number of hydrogen-bond donors (Lipinski definition) is 1. The summed E-state index contributed by atoms with van der Waals surface area (Å²) in [6, 6.07) is 1.02. The minimum atomic E-state index is 0.436. The molecule has 0 bridgehead atoms. The second kappa shape index (κ2) is 4.95. The Bertz CT molecular complexity index is 328. The monoisotopic (exact) mass is 222 g/mol. The highest BCUT2D eigenvalue weighted by Crippen LogP contribution is 2.33. The maximum atomic E-state index is 4.15. The maximum absolute atomic E-state index is 4.15. The minimum absolute atomic E-state index is 0.436. The van der Waals surface area contributed by atoms with E-state index >= 15 is 0 Å². The molecule has 0 aliphatic heterocycles. The van der Waals surface area contributed by atoms with Gasteiger partial charge in [-0.05, 0) is 33.1 Å². The molecule has 90 valence electrons. The van der Waals surface area contributed by atoms with E-state index in [2.05, 4.69) is 40.9 Å². The van der Waals surface area contributed by atoms with Crippen molar-refractivity contribution in [1.29, 1.82) is 0 Å². The quantitative estimate of drug-likeness (QED) is 0.802. The van der Waals surface area contributed by atoms with E-state index in [0.717, 1.165) is 18.3 Å². The largest absolute Gasteiger partial charge is 0.314 e. The van der Waals surface area contributed by atoms with Crippen LogP contribution in [0.25, 0.3) is 0 Å². The Balaban J connectivity index is 1.81. The van der Waals surface area contributed by atoms with Gasteiger partial charge in [0.15, 0.2) is 0 Å². The molecule has 1 fully saturated rings. The Hall–Kier alpha value is -0.900. The summed E-state index contributed by atoms with van der Waals surface area (Å²) in [6.45, 7) is 7.39. The van der Waals surface area contributed by atoms with Crippen LogP contribution in [-0.4, -0.2) is 20.8 Å². The smallest absolute Gasteiger partial charge is 0.147 e. The highest BCUT2D eigenvalue weighted by molar-refractivity contribution is 4.88. The van der Waals surface area contributed by atoms with Crippen molar-refractivity contribution in [3.8, 4) is 0 Å². The molecule has 1 N–H and O–H groups in total. The first-order valence-electron chi connectivity index (χ1n) is 6.28. The Morgan fingerprint density at radius 1 is 1.44 bits per heavy atom. The summed E-state index contributed by atoms with van der Waals surface area (Å²) in [6.07, 6.45) is 5.96. The van der Waals surface area contributed by atoms with Gasteiger partial charge >= 0.3 is 0 Å². The van der Waals surface area contributed by atoms with Crippen molar-refractivity contribution >= 4 is 0 Å². The molecule has 1 aromatic rings. The predicted octanol–water partition coefficient (Wildman–Crippen LogP) is 2.14. The van der Waals surface area contributed by atoms with Crippen LogP contribution in [0.2, 0.25) is 0 Å². The maximum Gasteiger partial charge on any atom is 0.147 e. The van der Waals surface area contributed by atoms with E-state index in [0.29, 0.717) is 12.1 Å². The molecule has 0 aromatic carbocycles. The Labute approximate surface area is 97.5 Å². The molecule has 16 heavy (non-hydrogen) atoms. The lowest BCUT2D eigenvalue weighted by Gasteiger charge is -2.14. The van der Waals surface area contributed by atoms with Crippen molar-refractivity contribution in [3.05, 3.63) is 12.2 Å². The average molecular weight is 222 g/mol. The second-order valence-corrected chi connectivity index (χ2v) is 5.21. The summed E-state index contributed by atoms with van der Waals surface area (Å²) in [7, 11) is 0. The number of hydrogen-bond acceptors (Lipinski definition) is 3. The fraction of sp³-hybridized carbons (Fsp3) is 0.833. The van der Waals surface area contributed by atoms with E-state index in [1.165, 1.54) is 19.3 Å². The number of nitrogens with one attached hydrogen (secondary N) is 1. The molecule has 4 nitrogen and oxygen atoms in total. The Morgan fingerprint density at radius 3 is 2.81 bits per heavy atom. The summed E-state index contributed by atoms with van der Waals surface area (Å²) >= 11 is 0. The SMILES string of the molecule is CC(CC1CC1)NCc1nncn1C(C)C. The molecule has 2 rings (SSSR count). The minimum Gasteiger partial charge on any atom is -0.314 e. The van der Waals surface area contributed by atoms with Gasteiger partial charge in [0.2, 0.25) is 0 Å². The van der Waals surface area contributed by atoms with E-state index in [1.807, 2.05) is 6.33 Å². The van der Waals surface area contributed by atoms with Gasteiger partial charge in [0.1, 0.15) is 12.2 Å². The van der Waals surface area contributed by atoms with Crippen molar-refractivity contribution in [2.45, 2.75) is 58.7 Å². The molecule has 1 saturated carbocycles. The number of aromatic nitrogens is 3. The van der Waals surface area contributed by atoms with Crippen LogP contribution in [0, 0.1) is 5.92 Å². The molecule has 1 aliphatic carbocycles. The van der Waals surface area contributed by atoms with Crippen molar-refractivity contribution in [3.63, 3.8) is 0 Å². The fourth-order valence-electron chi connectivity index (χ4n) is 2.03. The summed E-state index contributed by atoms with van der Waals surface area (Å²) in [5, 5.41) is 11.7. The zero-order valence-electron chi connectivity index (χ0n) is 10.5. The molecule has 1 atom stereocenters. The molecule has 0 spiro atoms. The average Bonchev–Trinajstić information content (AvgIpc) is 2.91. The standard InChI is InChI=1S/C12H22N4/c1-9(2)16-8-14-15-12(16)7-13-10(3)6-11-4-5-11/h8-11,13H,4-7H2,1-3H3.